The number of sulfonamides is 1. The number of nitrogens with zero attached hydrogens (tertiary/aromatic N) is 2. The molecule has 0 aliphatic carbocycles. The SMILES string of the molecule is CCCNC(=O)[C@@H](Cc1ccccc1)N(Cc1ccccc1)C(=O)CN(c1ccccc1C)S(=O)(=O)c1ccc(Cl)cc1. The highest BCUT2D eigenvalue weighted by Gasteiger charge is 2.35. The Hall–Kier alpha value is -4.14. The first kappa shape index (κ1) is 31.8. The summed E-state index contributed by atoms with van der Waals surface area (Å²) < 4.78 is 29.3. The molecular weight excluding hydrogens is 582 g/mol. The molecule has 0 aromatic heterocycles. The number of benzene rings is 4. The van der Waals surface area contributed by atoms with Crippen molar-refractivity contribution in [3.05, 3.63) is 131 Å². The second-order valence-corrected chi connectivity index (χ2v) is 12.6. The third kappa shape index (κ3) is 8.24. The van der Waals surface area contributed by atoms with E-state index in [4.69, 9.17) is 11.6 Å². The number of rotatable bonds is 13. The molecular formula is C34H36ClN3O4S. The monoisotopic (exact) mass is 617 g/mol. The van der Waals surface area contributed by atoms with Crippen LogP contribution in [0.25, 0.3) is 0 Å². The molecule has 0 spiro atoms. The van der Waals surface area contributed by atoms with Crippen LogP contribution in [0.4, 0.5) is 5.69 Å². The van der Waals surface area contributed by atoms with Gasteiger partial charge in [-0.2, -0.15) is 0 Å². The predicted molar refractivity (Wildman–Crippen MR) is 171 cm³/mol. The van der Waals surface area contributed by atoms with Gasteiger partial charge >= 0.3 is 0 Å². The van der Waals surface area contributed by atoms with Crippen LogP contribution in [0.2, 0.25) is 5.02 Å². The maximum absolute atomic E-state index is 14.4. The van der Waals surface area contributed by atoms with Crippen LogP contribution < -0.4 is 9.62 Å². The van der Waals surface area contributed by atoms with Gasteiger partial charge in [0.25, 0.3) is 10.0 Å². The molecule has 1 atom stereocenters. The largest absolute Gasteiger partial charge is 0.354 e. The molecule has 224 valence electrons. The first-order valence-electron chi connectivity index (χ1n) is 14.2. The van der Waals surface area contributed by atoms with E-state index >= 15 is 0 Å². The summed E-state index contributed by atoms with van der Waals surface area (Å²) in [6, 6.07) is 30.9. The van der Waals surface area contributed by atoms with Gasteiger partial charge in [0.15, 0.2) is 0 Å². The average molecular weight is 618 g/mol. The number of anilines is 1. The van der Waals surface area contributed by atoms with Crippen LogP contribution >= 0.6 is 11.6 Å². The molecule has 0 bridgehead atoms. The van der Waals surface area contributed by atoms with Crippen LogP contribution in [0, 0.1) is 6.92 Å². The fourth-order valence-electron chi connectivity index (χ4n) is 4.79. The lowest BCUT2D eigenvalue weighted by molar-refractivity contribution is -0.140. The molecule has 0 aliphatic rings. The Morgan fingerprint density at radius 2 is 1.40 bits per heavy atom. The van der Waals surface area contributed by atoms with Crippen LogP contribution in [0.15, 0.2) is 114 Å². The third-order valence-electron chi connectivity index (χ3n) is 7.08. The Balaban J connectivity index is 1.79. The topological polar surface area (TPSA) is 86.8 Å². The summed E-state index contributed by atoms with van der Waals surface area (Å²) in [4.78, 5) is 29.6. The number of hydrogen-bond donors (Lipinski definition) is 1. The lowest BCUT2D eigenvalue weighted by Gasteiger charge is -2.34. The molecule has 43 heavy (non-hydrogen) atoms. The van der Waals surface area contributed by atoms with Gasteiger partial charge in [-0.15, -0.1) is 0 Å². The number of amides is 2. The average Bonchev–Trinajstić information content (AvgIpc) is 3.02. The Morgan fingerprint density at radius 3 is 2.00 bits per heavy atom. The van der Waals surface area contributed by atoms with Gasteiger partial charge in [0.2, 0.25) is 11.8 Å². The minimum Gasteiger partial charge on any atom is -0.354 e. The van der Waals surface area contributed by atoms with Crippen molar-refractivity contribution in [1.29, 1.82) is 0 Å². The van der Waals surface area contributed by atoms with Crippen LogP contribution in [-0.2, 0) is 32.6 Å². The summed E-state index contributed by atoms with van der Waals surface area (Å²) in [5, 5.41) is 3.35. The highest BCUT2D eigenvalue weighted by atomic mass is 35.5. The van der Waals surface area contributed by atoms with E-state index < -0.39 is 28.5 Å². The normalized spacial score (nSPS) is 11.9. The fourth-order valence-corrected chi connectivity index (χ4v) is 6.40. The number of halogens is 1. The van der Waals surface area contributed by atoms with Gasteiger partial charge in [0.05, 0.1) is 10.6 Å². The Bertz CT molecular complexity index is 1610. The Morgan fingerprint density at radius 1 is 0.814 bits per heavy atom. The lowest BCUT2D eigenvalue weighted by Crippen LogP contribution is -2.53. The zero-order valence-corrected chi connectivity index (χ0v) is 25.9. The molecule has 4 rings (SSSR count). The predicted octanol–water partition coefficient (Wildman–Crippen LogP) is 6.01. The smallest absolute Gasteiger partial charge is 0.264 e. The van der Waals surface area contributed by atoms with Gasteiger partial charge in [-0.1, -0.05) is 97.4 Å². The van der Waals surface area contributed by atoms with E-state index in [2.05, 4.69) is 5.32 Å². The van der Waals surface area contributed by atoms with Crippen LogP contribution in [0.3, 0.4) is 0 Å². The second-order valence-electron chi connectivity index (χ2n) is 10.3. The maximum Gasteiger partial charge on any atom is 0.264 e. The molecule has 9 heteroatoms. The Labute approximate surface area is 259 Å². The summed E-state index contributed by atoms with van der Waals surface area (Å²) in [5.74, 6) is -0.796. The van der Waals surface area contributed by atoms with Gasteiger partial charge in [-0.05, 0) is 60.4 Å². The highest BCUT2D eigenvalue weighted by molar-refractivity contribution is 7.92. The molecule has 0 heterocycles. The van der Waals surface area contributed by atoms with E-state index in [1.54, 1.807) is 25.1 Å². The summed E-state index contributed by atoms with van der Waals surface area (Å²) in [6.45, 7) is 3.83. The van der Waals surface area contributed by atoms with E-state index in [1.807, 2.05) is 73.7 Å². The van der Waals surface area contributed by atoms with Crippen molar-refractivity contribution in [3.8, 4) is 0 Å². The van der Waals surface area contributed by atoms with Crippen molar-refractivity contribution >= 4 is 39.1 Å². The number of carbonyl (C=O) groups is 2. The minimum absolute atomic E-state index is 0.00378. The van der Waals surface area contributed by atoms with Crippen LogP contribution in [-0.4, -0.2) is 44.3 Å². The molecule has 4 aromatic carbocycles. The standard InChI is InChI=1S/C34H36ClN3O4S/c1-3-22-36-34(40)32(23-27-13-6-4-7-14-27)37(24-28-15-8-5-9-16-28)33(39)25-38(31-17-11-10-12-26(31)2)43(41,42)30-20-18-29(35)19-21-30/h4-21,32H,3,22-25H2,1-2H3,(H,36,40)/t32-/m1/s1. The summed E-state index contributed by atoms with van der Waals surface area (Å²) in [6.07, 6.45) is 1.00. The fraction of sp³-hybridized carbons (Fsp3) is 0.235. The second kappa shape index (κ2) is 14.8. The molecule has 0 fully saturated rings. The van der Waals surface area contributed by atoms with E-state index in [0.717, 1.165) is 21.9 Å². The molecule has 4 aromatic rings. The Kier molecular flexibility index (Phi) is 11.0. The van der Waals surface area contributed by atoms with E-state index in [1.165, 1.54) is 29.2 Å². The van der Waals surface area contributed by atoms with Gasteiger partial charge < -0.3 is 10.2 Å². The number of nitrogens with one attached hydrogen (secondary N) is 1. The van der Waals surface area contributed by atoms with Gasteiger partial charge in [-0.3, -0.25) is 13.9 Å². The first-order valence-corrected chi connectivity index (χ1v) is 16.0. The zero-order valence-electron chi connectivity index (χ0n) is 24.3. The zero-order chi connectivity index (χ0) is 30.8. The molecule has 0 saturated heterocycles. The third-order valence-corrected chi connectivity index (χ3v) is 9.11. The van der Waals surface area contributed by atoms with Crippen molar-refractivity contribution in [2.24, 2.45) is 0 Å². The number of carbonyl (C=O) groups excluding carboxylic acids is 2. The van der Waals surface area contributed by atoms with Crippen LogP contribution in [0.1, 0.15) is 30.0 Å². The molecule has 0 aliphatic heterocycles. The van der Waals surface area contributed by atoms with Crippen LogP contribution in [0.5, 0.6) is 0 Å². The van der Waals surface area contributed by atoms with E-state index in [0.29, 0.717) is 22.8 Å². The van der Waals surface area contributed by atoms with E-state index in [-0.39, 0.29) is 23.8 Å². The molecule has 7 nitrogen and oxygen atoms in total. The summed E-state index contributed by atoms with van der Waals surface area (Å²) in [5.41, 5.74) is 2.76. The first-order chi connectivity index (χ1) is 20.7. The molecule has 2 amide bonds. The molecule has 1 N–H and O–H groups in total. The van der Waals surface area contributed by atoms with Gasteiger partial charge in [0.1, 0.15) is 12.6 Å². The molecule has 0 unspecified atom stereocenters. The minimum atomic E-state index is -4.19. The summed E-state index contributed by atoms with van der Waals surface area (Å²) >= 11 is 6.05. The number of para-hydroxylation sites is 1. The maximum atomic E-state index is 14.4. The van der Waals surface area contributed by atoms with Crippen molar-refractivity contribution in [1.82, 2.24) is 10.2 Å². The quantitative estimate of drug-likeness (QED) is 0.199. The molecule has 0 radical (unpaired) electrons. The van der Waals surface area contributed by atoms with Crippen molar-refractivity contribution < 1.29 is 18.0 Å². The van der Waals surface area contributed by atoms with Gasteiger partial charge in [0, 0.05) is 24.5 Å². The lowest BCUT2D eigenvalue weighted by atomic mass is 10.0. The van der Waals surface area contributed by atoms with Crippen molar-refractivity contribution in [2.75, 3.05) is 17.4 Å². The van der Waals surface area contributed by atoms with Crippen molar-refractivity contribution in [2.45, 2.75) is 44.2 Å². The number of hydrogen-bond acceptors (Lipinski definition) is 4. The molecule has 0 saturated carbocycles. The number of aryl methyl sites for hydroxylation is 1. The van der Waals surface area contributed by atoms with E-state index in [9.17, 15) is 18.0 Å². The highest BCUT2D eigenvalue weighted by Crippen LogP contribution is 2.28. The van der Waals surface area contributed by atoms with Gasteiger partial charge in [-0.25, -0.2) is 8.42 Å². The van der Waals surface area contributed by atoms with Crippen molar-refractivity contribution in [3.63, 3.8) is 0 Å². The summed E-state index contributed by atoms with van der Waals surface area (Å²) in [7, 11) is -4.19.